The van der Waals surface area contributed by atoms with Crippen LogP contribution in [0.15, 0.2) is 11.6 Å². The van der Waals surface area contributed by atoms with Gasteiger partial charge in [-0.15, -0.1) is 0 Å². The molecule has 0 aromatic heterocycles. The van der Waals surface area contributed by atoms with Crippen molar-refractivity contribution >= 4 is 0 Å². The molecule has 0 spiro atoms. The zero-order valence-corrected chi connectivity index (χ0v) is 46.2. The topological polar surface area (TPSA) is 344 Å². The number of ether oxygens (including phenoxy) is 7. The summed E-state index contributed by atoms with van der Waals surface area (Å²) in [5.41, 5.74) is 1.44. The van der Waals surface area contributed by atoms with Crippen LogP contribution >= 0.6 is 0 Å². The number of allylic oxidation sites excluding steroid dienone is 1. The molecule has 31 atom stereocenters. The second-order valence-corrected chi connectivity index (χ2v) is 25.4. The third-order valence-electron chi connectivity index (χ3n) is 21.0. The first kappa shape index (κ1) is 61.4. The van der Waals surface area contributed by atoms with E-state index in [1.807, 2.05) is 6.92 Å². The molecule has 0 bridgehead atoms. The average molecular weight is 1120 g/mol. The Morgan fingerprint density at radius 3 is 2.03 bits per heavy atom. The summed E-state index contributed by atoms with van der Waals surface area (Å²) in [5.74, 6) is -0.836. The molecule has 0 amide bonds. The van der Waals surface area contributed by atoms with E-state index in [-0.39, 0.29) is 61.1 Å². The van der Waals surface area contributed by atoms with Crippen molar-refractivity contribution in [1.29, 1.82) is 0 Å². The molecule has 5 aliphatic carbocycles. The van der Waals surface area contributed by atoms with E-state index in [2.05, 4.69) is 26.8 Å². The lowest BCUT2D eigenvalue weighted by atomic mass is 9.47. The highest BCUT2D eigenvalue weighted by Crippen LogP contribution is 2.70. The van der Waals surface area contributed by atoms with Crippen molar-refractivity contribution in [3.8, 4) is 0 Å². The van der Waals surface area contributed by atoms with Crippen molar-refractivity contribution in [3.63, 3.8) is 0 Å². The highest BCUT2D eigenvalue weighted by molar-refractivity contribution is 5.26. The summed E-state index contributed by atoms with van der Waals surface area (Å²) in [6.45, 7) is 11.2. The molecule has 9 aliphatic rings. The fourth-order valence-corrected chi connectivity index (χ4v) is 16.1. The van der Waals surface area contributed by atoms with Crippen LogP contribution in [0.4, 0.5) is 0 Å². The number of methoxy groups -OCH3 is 1. The number of rotatable bonds is 19. The predicted molar refractivity (Wildman–Crippen MR) is 268 cm³/mol. The van der Waals surface area contributed by atoms with Gasteiger partial charge in [0.15, 0.2) is 18.4 Å². The minimum absolute atomic E-state index is 0.00129. The molecule has 0 aromatic carbocycles. The van der Waals surface area contributed by atoms with Crippen LogP contribution in [0.1, 0.15) is 106 Å². The average Bonchev–Trinajstić information content (AvgIpc) is 4.01. The van der Waals surface area contributed by atoms with Crippen LogP contribution in [0, 0.1) is 64.1 Å². The molecule has 31 unspecified atom stereocenters. The molecule has 12 N–H and O–H groups in total. The van der Waals surface area contributed by atoms with E-state index in [1.165, 1.54) is 19.4 Å². The molecule has 4 aliphatic heterocycles. The molecule has 9 rings (SSSR count). The van der Waals surface area contributed by atoms with E-state index in [1.54, 1.807) is 7.11 Å². The molecular formula is C55H92O23. The van der Waals surface area contributed by atoms with E-state index in [0.29, 0.717) is 42.9 Å². The second kappa shape index (κ2) is 24.8. The van der Waals surface area contributed by atoms with Crippen LogP contribution in [-0.4, -0.2) is 224 Å². The van der Waals surface area contributed by atoms with Gasteiger partial charge in [-0.1, -0.05) is 39.3 Å². The Balaban J connectivity index is 0.795. The normalized spacial score (nSPS) is 52.7. The van der Waals surface area contributed by atoms with Gasteiger partial charge in [0.2, 0.25) is 6.29 Å². The minimum Gasteiger partial charge on any atom is -0.396 e. The molecule has 450 valence electrons. The zero-order valence-electron chi connectivity index (χ0n) is 46.2. The van der Waals surface area contributed by atoms with E-state index in [9.17, 15) is 61.3 Å². The number of hydrogen-bond donors (Lipinski definition) is 12. The number of aliphatic hydroxyl groups is 12. The van der Waals surface area contributed by atoms with Gasteiger partial charge in [-0.3, -0.25) is 0 Å². The maximum absolute atomic E-state index is 12.0. The highest BCUT2D eigenvalue weighted by atomic mass is 17.2. The van der Waals surface area contributed by atoms with Crippen LogP contribution in [0.5, 0.6) is 0 Å². The van der Waals surface area contributed by atoms with Crippen molar-refractivity contribution < 1.29 is 114 Å². The molecule has 4 saturated carbocycles. The Kier molecular flexibility index (Phi) is 19.5. The SMILES string of the molecule is COC1(CCC(C)COOC2OC(CO)C(O)C(O)C2O)OC2CC3C4CC=C5CC(OOCC6CC(CO)C(OC7OC(C)C(O)C(O)C7O)C(O)C6COC6OC(C)C(O)C(O)C6O)CCC5(C)C4CCC3(C)C2C1C. The van der Waals surface area contributed by atoms with Gasteiger partial charge >= 0.3 is 0 Å². The third kappa shape index (κ3) is 11.4. The van der Waals surface area contributed by atoms with Gasteiger partial charge in [-0.2, -0.15) is 0 Å². The van der Waals surface area contributed by atoms with Crippen molar-refractivity contribution in [2.75, 3.05) is 40.1 Å². The molecule has 0 aromatic rings. The summed E-state index contributed by atoms with van der Waals surface area (Å²) < 4.78 is 42.3. The van der Waals surface area contributed by atoms with Crippen molar-refractivity contribution in [2.24, 2.45) is 64.1 Å². The lowest BCUT2D eigenvalue weighted by Crippen LogP contribution is -2.61. The van der Waals surface area contributed by atoms with Crippen LogP contribution in [-0.2, 0) is 52.7 Å². The molecule has 23 nitrogen and oxygen atoms in total. The molecule has 78 heavy (non-hydrogen) atoms. The Labute approximate surface area is 456 Å². The maximum atomic E-state index is 12.0. The summed E-state index contributed by atoms with van der Waals surface area (Å²) in [6, 6.07) is 0. The molecular weight excluding hydrogens is 1030 g/mol. The van der Waals surface area contributed by atoms with Gasteiger partial charge in [0.25, 0.3) is 0 Å². The number of fused-ring (bicyclic) bond motifs is 7. The van der Waals surface area contributed by atoms with Gasteiger partial charge < -0.3 is 94.4 Å². The molecule has 8 fully saturated rings. The minimum atomic E-state index is -1.66. The van der Waals surface area contributed by atoms with Gasteiger partial charge in [0.05, 0.1) is 63.1 Å². The largest absolute Gasteiger partial charge is 0.396 e. The molecule has 0 radical (unpaired) electrons. The predicted octanol–water partition coefficient (Wildman–Crippen LogP) is -0.304. The van der Waals surface area contributed by atoms with E-state index in [0.717, 1.165) is 38.5 Å². The third-order valence-corrected chi connectivity index (χ3v) is 21.0. The first-order chi connectivity index (χ1) is 37.0. The first-order valence-corrected chi connectivity index (χ1v) is 28.8. The Morgan fingerprint density at radius 1 is 0.679 bits per heavy atom. The standard InChI is InChI=1S/C55H92O23/c1-24(21-70-78-52-48(67)45(64)42(61)37(20-57)74-52)10-15-55(68-7)25(2)38-36(76-55)18-35-32-9-8-30-17-31(11-13-53(30,5)34(32)12-14-54(35,38)6)77-71-22-29-16-28(19-56)49(75-51-47(66)44(63)40(59)27(4)73-51)41(60)33(29)23-69-50-46(65)43(62)39(58)26(3)72-50/h8,24-29,31-52,56-67H,9-23H2,1-7H3. The van der Waals surface area contributed by atoms with Gasteiger partial charge in [-0.05, 0) is 118 Å². The van der Waals surface area contributed by atoms with Crippen molar-refractivity contribution in [2.45, 2.75) is 228 Å². The lowest BCUT2D eigenvalue weighted by Gasteiger charge is -2.58. The Hall–Kier alpha value is -1.18. The van der Waals surface area contributed by atoms with Gasteiger partial charge in [-0.25, -0.2) is 19.6 Å². The fourth-order valence-electron chi connectivity index (χ4n) is 16.1. The van der Waals surface area contributed by atoms with Crippen LogP contribution < -0.4 is 0 Å². The quantitative estimate of drug-likeness (QED) is 0.0449. The summed E-state index contributed by atoms with van der Waals surface area (Å²) in [6.07, 6.45) is -12.9. The molecule has 4 heterocycles. The zero-order chi connectivity index (χ0) is 56.3. The summed E-state index contributed by atoms with van der Waals surface area (Å²) in [5, 5.41) is 126. The molecule has 4 saturated heterocycles. The Bertz CT molecular complexity index is 1990. The lowest BCUT2D eigenvalue weighted by molar-refractivity contribution is -0.428. The van der Waals surface area contributed by atoms with Crippen molar-refractivity contribution in [3.05, 3.63) is 11.6 Å². The summed E-state index contributed by atoms with van der Waals surface area (Å²) in [7, 11) is 1.73. The van der Waals surface area contributed by atoms with Gasteiger partial charge in [0.1, 0.15) is 61.0 Å². The number of hydrogen-bond acceptors (Lipinski definition) is 23. The van der Waals surface area contributed by atoms with Crippen molar-refractivity contribution in [1.82, 2.24) is 0 Å². The smallest absolute Gasteiger partial charge is 0.220 e. The monoisotopic (exact) mass is 1120 g/mol. The fraction of sp³-hybridized carbons (Fsp3) is 0.964. The van der Waals surface area contributed by atoms with Crippen LogP contribution in [0.3, 0.4) is 0 Å². The van der Waals surface area contributed by atoms with Crippen LogP contribution in [0.25, 0.3) is 0 Å². The first-order valence-electron chi connectivity index (χ1n) is 28.8. The van der Waals surface area contributed by atoms with E-state index >= 15 is 0 Å². The van der Waals surface area contributed by atoms with E-state index in [4.69, 9.17) is 52.7 Å². The molecule has 23 heteroatoms. The van der Waals surface area contributed by atoms with E-state index < -0.39 is 141 Å². The van der Waals surface area contributed by atoms with Gasteiger partial charge in [0, 0.05) is 37.9 Å². The highest BCUT2D eigenvalue weighted by Gasteiger charge is 2.68. The Morgan fingerprint density at radius 2 is 1.35 bits per heavy atom. The maximum Gasteiger partial charge on any atom is 0.220 e. The summed E-state index contributed by atoms with van der Waals surface area (Å²) >= 11 is 0. The van der Waals surface area contributed by atoms with Crippen LogP contribution in [0.2, 0.25) is 0 Å². The summed E-state index contributed by atoms with van der Waals surface area (Å²) in [4.78, 5) is 23.1. The number of aliphatic hydroxyl groups excluding tert-OH is 12. The second-order valence-electron chi connectivity index (χ2n) is 25.4.